The Kier molecular flexibility index (Phi) is 5.13. The van der Waals surface area contributed by atoms with E-state index in [1.54, 1.807) is 30.6 Å². The van der Waals surface area contributed by atoms with Crippen LogP contribution in [0.5, 0.6) is 0 Å². The van der Waals surface area contributed by atoms with Gasteiger partial charge in [0.15, 0.2) is 0 Å². The zero-order chi connectivity index (χ0) is 16.8. The second-order valence-electron chi connectivity index (χ2n) is 4.93. The Balaban J connectivity index is 1.91. The lowest BCUT2D eigenvalue weighted by molar-refractivity contribution is 0.0517. The lowest BCUT2D eigenvalue weighted by atomic mass is 10.0. The number of aromatic nitrogens is 1. The van der Waals surface area contributed by atoms with Crippen molar-refractivity contribution in [2.45, 2.75) is 0 Å². The average Bonchev–Trinajstić information content (AvgIpc) is 2.63. The van der Waals surface area contributed by atoms with E-state index in [-0.39, 0.29) is 0 Å². The van der Waals surface area contributed by atoms with Gasteiger partial charge in [-0.3, -0.25) is 4.98 Å². The molecule has 0 amide bonds. The molecule has 3 rings (SSSR count). The summed E-state index contributed by atoms with van der Waals surface area (Å²) in [6.07, 6.45) is 3.34. The molecule has 3 aromatic rings. The van der Waals surface area contributed by atoms with E-state index in [1.165, 1.54) is 0 Å². The van der Waals surface area contributed by atoms with E-state index in [9.17, 15) is 4.79 Å². The van der Waals surface area contributed by atoms with Crippen LogP contribution in [0.15, 0.2) is 88.8 Å². The highest BCUT2D eigenvalue weighted by molar-refractivity contribution is 9.10. The standard InChI is InChI=1S/C19H13BrN2O2/c20-17-8-4-7-16(13-17)19(23)24-22-18(14-5-2-1-3-6-14)15-9-11-21-12-10-15/h1-13H/b22-18-. The number of carbonyl (C=O) groups excluding carboxylic acids is 1. The first-order valence-corrected chi connectivity index (χ1v) is 8.04. The molecule has 0 N–H and O–H groups in total. The van der Waals surface area contributed by atoms with Crippen LogP contribution in [0.1, 0.15) is 21.5 Å². The lowest BCUT2D eigenvalue weighted by Gasteiger charge is -2.06. The van der Waals surface area contributed by atoms with Crippen LogP contribution in [0.2, 0.25) is 0 Å². The number of nitrogens with zero attached hydrogens (tertiary/aromatic N) is 2. The van der Waals surface area contributed by atoms with E-state index in [2.05, 4.69) is 26.1 Å². The summed E-state index contributed by atoms with van der Waals surface area (Å²) in [5.74, 6) is -0.515. The van der Waals surface area contributed by atoms with Crippen molar-refractivity contribution in [1.29, 1.82) is 0 Å². The molecule has 118 valence electrons. The molecule has 0 fully saturated rings. The molecule has 0 bridgehead atoms. The molecule has 1 aromatic heterocycles. The van der Waals surface area contributed by atoms with Crippen molar-refractivity contribution in [2.24, 2.45) is 5.16 Å². The third-order valence-corrected chi connectivity index (χ3v) is 3.77. The van der Waals surface area contributed by atoms with Crippen LogP contribution in [0.4, 0.5) is 0 Å². The predicted molar refractivity (Wildman–Crippen MR) is 95.9 cm³/mol. The second-order valence-corrected chi connectivity index (χ2v) is 5.85. The fraction of sp³-hybridized carbons (Fsp3) is 0. The van der Waals surface area contributed by atoms with E-state index in [4.69, 9.17) is 4.84 Å². The molecular weight excluding hydrogens is 368 g/mol. The summed E-state index contributed by atoms with van der Waals surface area (Å²) in [5.41, 5.74) is 2.67. The quantitative estimate of drug-likeness (QED) is 0.381. The van der Waals surface area contributed by atoms with Crippen LogP contribution in [0.25, 0.3) is 0 Å². The van der Waals surface area contributed by atoms with Crippen molar-refractivity contribution < 1.29 is 9.63 Å². The van der Waals surface area contributed by atoms with Crippen molar-refractivity contribution in [3.63, 3.8) is 0 Å². The van der Waals surface area contributed by atoms with Gasteiger partial charge in [0.1, 0.15) is 5.71 Å². The maximum Gasteiger partial charge on any atom is 0.365 e. The van der Waals surface area contributed by atoms with Crippen molar-refractivity contribution >= 4 is 27.6 Å². The van der Waals surface area contributed by atoms with Gasteiger partial charge in [0.05, 0.1) is 5.56 Å². The Morgan fingerprint density at radius 1 is 0.875 bits per heavy atom. The van der Waals surface area contributed by atoms with E-state index >= 15 is 0 Å². The first-order chi connectivity index (χ1) is 11.7. The molecule has 0 aliphatic heterocycles. The van der Waals surface area contributed by atoms with E-state index in [0.717, 1.165) is 15.6 Å². The van der Waals surface area contributed by atoms with Gasteiger partial charge in [-0.1, -0.05) is 57.5 Å². The van der Waals surface area contributed by atoms with Crippen molar-refractivity contribution in [2.75, 3.05) is 0 Å². The molecule has 1 heterocycles. The number of carbonyl (C=O) groups is 1. The minimum Gasteiger partial charge on any atom is -0.312 e. The number of hydrogen-bond acceptors (Lipinski definition) is 4. The number of hydrogen-bond donors (Lipinski definition) is 0. The first kappa shape index (κ1) is 16.1. The summed E-state index contributed by atoms with van der Waals surface area (Å²) < 4.78 is 0.804. The summed E-state index contributed by atoms with van der Waals surface area (Å²) in [7, 11) is 0. The Bertz CT molecular complexity index is 823. The molecule has 24 heavy (non-hydrogen) atoms. The van der Waals surface area contributed by atoms with Gasteiger partial charge >= 0.3 is 5.97 Å². The second kappa shape index (κ2) is 7.66. The minimum absolute atomic E-state index is 0.426. The number of rotatable bonds is 4. The summed E-state index contributed by atoms with van der Waals surface area (Å²) in [5, 5.41) is 4.09. The van der Waals surface area contributed by atoms with Gasteiger partial charge in [-0.2, -0.15) is 0 Å². The first-order valence-electron chi connectivity index (χ1n) is 7.25. The average molecular weight is 381 g/mol. The lowest BCUT2D eigenvalue weighted by Crippen LogP contribution is -2.08. The van der Waals surface area contributed by atoms with Crippen LogP contribution in [-0.2, 0) is 4.84 Å². The minimum atomic E-state index is -0.515. The fourth-order valence-corrected chi connectivity index (χ4v) is 2.53. The zero-order valence-corrected chi connectivity index (χ0v) is 14.2. The molecule has 5 heteroatoms. The maximum atomic E-state index is 12.2. The Hall–Kier alpha value is -2.79. The zero-order valence-electron chi connectivity index (χ0n) is 12.6. The van der Waals surface area contributed by atoms with Gasteiger partial charge in [-0.25, -0.2) is 4.79 Å². The molecule has 4 nitrogen and oxygen atoms in total. The van der Waals surface area contributed by atoms with Crippen LogP contribution >= 0.6 is 15.9 Å². The molecule has 0 aliphatic rings. The van der Waals surface area contributed by atoms with Crippen molar-refractivity contribution in [1.82, 2.24) is 4.98 Å². The van der Waals surface area contributed by atoms with E-state index in [0.29, 0.717) is 11.3 Å². The van der Waals surface area contributed by atoms with E-state index in [1.807, 2.05) is 48.5 Å². The molecule has 2 aromatic carbocycles. The Morgan fingerprint density at radius 2 is 1.54 bits per heavy atom. The molecule has 0 radical (unpaired) electrons. The third kappa shape index (κ3) is 3.94. The molecular formula is C19H13BrN2O2. The van der Waals surface area contributed by atoms with Crippen molar-refractivity contribution in [3.8, 4) is 0 Å². The van der Waals surface area contributed by atoms with E-state index < -0.39 is 5.97 Å². The molecule has 0 saturated heterocycles. The monoisotopic (exact) mass is 380 g/mol. The Morgan fingerprint density at radius 3 is 2.25 bits per heavy atom. The summed E-state index contributed by atoms with van der Waals surface area (Å²) in [6, 6.07) is 20.2. The topological polar surface area (TPSA) is 51.5 Å². The molecule has 0 saturated carbocycles. The highest BCUT2D eigenvalue weighted by atomic mass is 79.9. The van der Waals surface area contributed by atoms with Crippen LogP contribution in [0.3, 0.4) is 0 Å². The van der Waals surface area contributed by atoms with Gasteiger partial charge in [-0.05, 0) is 30.3 Å². The van der Waals surface area contributed by atoms with Gasteiger partial charge in [0, 0.05) is 28.0 Å². The molecule has 0 unspecified atom stereocenters. The van der Waals surface area contributed by atoms with Crippen molar-refractivity contribution in [3.05, 3.63) is 100 Å². The van der Waals surface area contributed by atoms with Crippen LogP contribution < -0.4 is 0 Å². The summed E-state index contributed by atoms with van der Waals surface area (Å²) in [6.45, 7) is 0. The number of benzene rings is 2. The van der Waals surface area contributed by atoms with Gasteiger partial charge in [0.2, 0.25) is 0 Å². The maximum absolute atomic E-state index is 12.2. The smallest absolute Gasteiger partial charge is 0.312 e. The normalized spacial score (nSPS) is 11.1. The molecule has 0 atom stereocenters. The third-order valence-electron chi connectivity index (χ3n) is 3.28. The van der Waals surface area contributed by atoms with Gasteiger partial charge in [-0.15, -0.1) is 0 Å². The van der Waals surface area contributed by atoms with Gasteiger partial charge in [0.25, 0.3) is 0 Å². The Labute approximate surface area is 147 Å². The largest absolute Gasteiger partial charge is 0.365 e. The SMILES string of the molecule is O=C(O/N=C(/c1ccccc1)c1ccncc1)c1cccc(Br)c1. The summed E-state index contributed by atoms with van der Waals surface area (Å²) in [4.78, 5) is 21.4. The predicted octanol–water partition coefficient (Wildman–Crippen LogP) is 4.45. The van der Waals surface area contributed by atoms with Crippen LogP contribution in [-0.4, -0.2) is 16.7 Å². The number of oxime groups is 1. The van der Waals surface area contributed by atoms with Gasteiger partial charge < -0.3 is 4.84 Å². The molecule has 0 aliphatic carbocycles. The number of pyridine rings is 1. The highest BCUT2D eigenvalue weighted by Crippen LogP contribution is 2.14. The summed E-state index contributed by atoms with van der Waals surface area (Å²) >= 11 is 3.33. The fourth-order valence-electron chi connectivity index (χ4n) is 2.13. The van der Waals surface area contributed by atoms with Crippen LogP contribution in [0, 0.1) is 0 Å². The highest BCUT2D eigenvalue weighted by Gasteiger charge is 2.11. The molecule has 0 spiro atoms. The number of halogens is 1.